The molecular weight excluding hydrogens is 389 g/mol. The van der Waals surface area contributed by atoms with Gasteiger partial charge in [-0.25, -0.2) is 14.4 Å². The number of benzene rings is 1. The predicted octanol–water partition coefficient (Wildman–Crippen LogP) is 4.72. The number of hydrogen-bond donors (Lipinski definition) is 0. The number of thiazole rings is 1. The van der Waals surface area contributed by atoms with Crippen molar-refractivity contribution in [3.8, 4) is 6.07 Å². The second-order valence-corrected chi connectivity index (χ2v) is 9.03. The Kier molecular flexibility index (Phi) is 5.93. The van der Waals surface area contributed by atoms with Gasteiger partial charge in [0.2, 0.25) is 5.91 Å². The number of amides is 1. The van der Waals surface area contributed by atoms with E-state index in [1.54, 1.807) is 17.4 Å². The van der Waals surface area contributed by atoms with Gasteiger partial charge in [-0.3, -0.25) is 9.63 Å². The van der Waals surface area contributed by atoms with Crippen LogP contribution in [0.2, 0.25) is 0 Å². The van der Waals surface area contributed by atoms with E-state index in [9.17, 15) is 9.18 Å². The first-order valence-corrected chi connectivity index (χ1v) is 11.0. The molecule has 2 aromatic rings. The lowest BCUT2D eigenvalue weighted by Gasteiger charge is -2.31. The second-order valence-electron chi connectivity index (χ2n) is 7.97. The van der Waals surface area contributed by atoms with Crippen LogP contribution < -0.4 is 0 Å². The van der Waals surface area contributed by atoms with Crippen LogP contribution in [-0.4, -0.2) is 22.6 Å². The molecule has 1 aliphatic carbocycles. The van der Waals surface area contributed by atoms with Crippen molar-refractivity contribution in [2.24, 2.45) is 11.8 Å². The molecule has 1 saturated heterocycles. The van der Waals surface area contributed by atoms with Crippen molar-refractivity contribution in [2.75, 3.05) is 6.61 Å². The highest BCUT2D eigenvalue weighted by molar-refractivity contribution is 7.09. The second kappa shape index (κ2) is 8.60. The quantitative estimate of drug-likeness (QED) is 0.728. The number of carbonyl (C=O) groups is 1. The number of nitrogens with zero attached hydrogens (tertiary/aromatic N) is 3. The SMILES string of the molecule is Cc1nc(CC2CCC(C(=O)N3OCC[C@H]3c3cc(F)cc(C#N)c3)CC2)cs1. The summed E-state index contributed by atoms with van der Waals surface area (Å²) in [5, 5.41) is 13.8. The summed E-state index contributed by atoms with van der Waals surface area (Å²) in [6.07, 6.45) is 5.28. The third kappa shape index (κ3) is 4.49. The molecule has 2 heterocycles. The molecule has 1 aromatic heterocycles. The molecule has 1 saturated carbocycles. The van der Waals surface area contributed by atoms with Crippen LogP contribution in [0, 0.1) is 35.9 Å². The maximum absolute atomic E-state index is 13.9. The average molecular weight is 414 g/mol. The van der Waals surface area contributed by atoms with Gasteiger partial charge in [0.15, 0.2) is 0 Å². The van der Waals surface area contributed by atoms with E-state index in [1.807, 2.05) is 13.0 Å². The summed E-state index contributed by atoms with van der Waals surface area (Å²) < 4.78 is 13.9. The number of nitriles is 1. The zero-order valence-corrected chi connectivity index (χ0v) is 17.3. The van der Waals surface area contributed by atoms with E-state index in [-0.39, 0.29) is 23.4 Å². The summed E-state index contributed by atoms with van der Waals surface area (Å²) in [6, 6.07) is 5.89. The Bertz CT molecular complexity index is 930. The van der Waals surface area contributed by atoms with Crippen LogP contribution in [0.1, 0.15) is 60.0 Å². The molecule has 152 valence electrons. The fourth-order valence-corrected chi connectivity index (χ4v) is 5.08. The van der Waals surface area contributed by atoms with E-state index >= 15 is 0 Å². The molecule has 0 radical (unpaired) electrons. The van der Waals surface area contributed by atoms with E-state index in [2.05, 4.69) is 10.4 Å². The van der Waals surface area contributed by atoms with Gasteiger partial charge >= 0.3 is 0 Å². The fraction of sp³-hybridized carbons (Fsp3) is 0.500. The Hall–Kier alpha value is -2.30. The lowest BCUT2D eigenvalue weighted by molar-refractivity contribution is -0.183. The number of hydrogen-bond acceptors (Lipinski definition) is 5. The monoisotopic (exact) mass is 413 g/mol. The van der Waals surface area contributed by atoms with Gasteiger partial charge in [0, 0.05) is 17.7 Å². The highest BCUT2D eigenvalue weighted by atomic mass is 32.1. The average Bonchev–Trinajstić information content (AvgIpc) is 3.36. The molecule has 0 N–H and O–H groups in total. The van der Waals surface area contributed by atoms with Gasteiger partial charge in [-0.05, 0) is 68.7 Å². The van der Waals surface area contributed by atoms with Gasteiger partial charge < -0.3 is 0 Å². The minimum Gasteiger partial charge on any atom is -0.272 e. The van der Waals surface area contributed by atoms with E-state index in [1.165, 1.54) is 17.2 Å². The Morgan fingerprint density at radius 2 is 2.10 bits per heavy atom. The van der Waals surface area contributed by atoms with E-state index in [0.29, 0.717) is 24.5 Å². The third-order valence-corrected chi connectivity index (χ3v) is 6.74. The van der Waals surface area contributed by atoms with Crippen molar-refractivity contribution in [2.45, 2.75) is 51.5 Å². The van der Waals surface area contributed by atoms with Gasteiger partial charge in [-0.1, -0.05) is 0 Å². The first-order chi connectivity index (χ1) is 14.0. The molecule has 29 heavy (non-hydrogen) atoms. The third-order valence-electron chi connectivity index (χ3n) is 5.92. The van der Waals surface area contributed by atoms with Gasteiger partial charge in [-0.2, -0.15) is 5.26 Å². The summed E-state index contributed by atoms with van der Waals surface area (Å²) >= 11 is 1.68. The Balaban J connectivity index is 1.39. The van der Waals surface area contributed by atoms with Crippen LogP contribution in [0.4, 0.5) is 4.39 Å². The van der Waals surface area contributed by atoms with Crippen LogP contribution in [-0.2, 0) is 16.1 Å². The minimum absolute atomic E-state index is 0.0155. The largest absolute Gasteiger partial charge is 0.272 e. The first-order valence-electron chi connectivity index (χ1n) is 10.1. The van der Waals surface area contributed by atoms with Gasteiger partial charge in [0.05, 0.1) is 35.0 Å². The molecule has 1 aliphatic heterocycles. The minimum atomic E-state index is -0.462. The molecule has 4 rings (SSSR count). The molecule has 1 aromatic carbocycles. The van der Waals surface area contributed by atoms with Crippen LogP contribution >= 0.6 is 11.3 Å². The Labute approximate surface area is 174 Å². The zero-order chi connectivity index (χ0) is 20.4. The maximum Gasteiger partial charge on any atom is 0.249 e. The number of halogens is 1. The maximum atomic E-state index is 13.9. The smallest absolute Gasteiger partial charge is 0.249 e. The predicted molar refractivity (Wildman–Crippen MR) is 107 cm³/mol. The normalized spacial score (nSPS) is 24.4. The van der Waals surface area contributed by atoms with E-state index in [4.69, 9.17) is 10.1 Å². The van der Waals surface area contributed by atoms with E-state index < -0.39 is 5.82 Å². The van der Waals surface area contributed by atoms with Crippen LogP contribution in [0.3, 0.4) is 0 Å². The number of rotatable bonds is 4. The van der Waals surface area contributed by atoms with Crippen molar-refractivity contribution in [3.05, 3.63) is 51.2 Å². The summed E-state index contributed by atoms with van der Waals surface area (Å²) in [7, 11) is 0. The highest BCUT2D eigenvalue weighted by Gasteiger charge is 2.37. The first kappa shape index (κ1) is 20.0. The van der Waals surface area contributed by atoms with Crippen molar-refractivity contribution in [1.82, 2.24) is 10.0 Å². The fourth-order valence-electron chi connectivity index (χ4n) is 4.45. The van der Waals surface area contributed by atoms with E-state index in [0.717, 1.165) is 42.8 Å². The molecule has 1 amide bonds. The van der Waals surface area contributed by atoms with Crippen molar-refractivity contribution < 1.29 is 14.0 Å². The van der Waals surface area contributed by atoms with Crippen molar-refractivity contribution in [3.63, 3.8) is 0 Å². The van der Waals surface area contributed by atoms with Crippen LogP contribution in [0.25, 0.3) is 0 Å². The van der Waals surface area contributed by atoms with Crippen LogP contribution in [0.15, 0.2) is 23.6 Å². The summed E-state index contributed by atoms with van der Waals surface area (Å²) in [5.41, 5.74) is 2.04. The van der Waals surface area contributed by atoms with Crippen molar-refractivity contribution in [1.29, 1.82) is 5.26 Å². The van der Waals surface area contributed by atoms with Gasteiger partial charge in [0.1, 0.15) is 5.82 Å². The number of aromatic nitrogens is 1. The van der Waals surface area contributed by atoms with Gasteiger partial charge in [0.25, 0.3) is 0 Å². The number of carbonyl (C=O) groups excluding carboxylic acids is 1. The number of aryl methyl sites for hydroxylation is 1. The molecule has 2 fully saturated rings. The summed E-state index contributed by atoms with van der Waals surface area (Å²) in [6.45, 7) is 2.45. The van der Waals surface area contributed by atoms with Crippen LogP contribution in [0.5, 0.6) is 0 Å². The lowest BCUT2D eigenvalue weighted by Crippen LogP contribution is -2.36. The molecule has 0 spiro atoms. The molecule has 7 heteroatoms. The number of hydroxylamine groups is 2. The molecule has 0 bridgehead atoms. The zero-order valence-electron chi connectivity index (χ0n) is 16.4. The lowest BCUT2D eigenvalue weighted by atomic mass is 9.79. The Morgan fingerprint density at radius 1 is 1.31 bits per heavy atom. The molecule has 5 nitrogen and oxygen atoms in total. The molecular formula is C22H24FN3O2S. The standard InChI is InChI=1S/C22H24FN3O2S/c1-14-25-20(13-29-14)10-15-2-4-17(5-3-15)22(27)26-21(6-7-28-26)18-8-16(12-24)9-19(23)11-18/h8-9,11,13,15,17,21H,2-7,10H2,1H3/t15?,17?,21-/m0/s1. The van der Waals surface area contributed by atoms with Crippen molar-refractivity contribution >= 4 is 17.2 Å². The highest BCUT2D eigenvalue weighted by Crippen LogP contribution is 2.37. The molecule has 1 atom stereocenters. The van der Waals surface area contributed by atoms with Gasteiger partial charge in [-0.15, -0.1) is 11.3 Å². The Morgan fingerprint density at radius 3 is 2.79 bits per heavy atom. The molecule has 0 unspecified atom stereocenters. The summed E-state index contributed by atoms with van der Waals surface area (Å²) in [4.78, 5) is 23.3. The molecule has 2 aliphatic rings. The topological polar surface area (TPSA) is 66.2 Å². The summed E-state index contributed by atoms with van der Waals surface area (Å²) in [5.74, 6) is 0.0274.